The van der Waals surface area contributed by atoms with Crippen LogP contribution in [0, 0.1) is 19.8 Å². The highest BCUT2D eigenvalue weighted by Crippen LogP contribution is 2.26. The lowest BCUT2D eigenvalue weighted by molar-refractivity contribution is 0.0933. The number of carbonyl (C=O) groups is 1. The van der Waals surface area contributed by atoms with Crippen LogP contribution in [0.2, 0.25) is 0 Å². The molecule has 1 aromatic carbocycles. The van der Waals surface area contributed by atoms with Crippen LogP contribution in [0.25, 0.3) is 0 Å². The van der Waals surface area contributed by atoms with E-state index in [2.05, 4.69) is 11.4 Å². The average molecular weight is 276 g/mol. The summed E-state index contributed by atoms with van der Waals surface area (Å²) >= 11 is 5.07. The molecule has 3 N–H and O–H groups in total. The number of rotatable bonds is 3. The van der Waals surface area contributed by atoms with E-state index in [-0.39, 0.29) is 17.9 Å². The highest BCUT2D eigenvalue weighted by Gasteiger charge is 2.30. The first-order valence-corrected chi connectivity index (χ1v) is 7.06. The molecule has 0 bridgehead atoms. The highest BCUT2D eigenvalue weighted by molar-refractivity contribution is 7.80. The van der Waals surface area contributed by atoms with Crippen LogP contribution in [-0.4, -0.2) is 16.9 Å². The van der Waals surface area contributed by atoms with Crippen LogP contribution in [0.15, 0.2) is 18.2 Å². The van der Waals surface area contributed by atoms with Crippen LogP contribution in [0.4, 0.5) is 0 Å². The quantitative estimate of drug-likeness (QED) is 0.834. The van der Waals surface area contributed by atoms with Gasteiger partial charge in [0.1, 0.15) is 0 Å². The zero-order valence-electron chi connectivity index (χ0n) is 11.4. The monoisotopic (exact) mass is 276 g/mol. The summed E-state index contributed by atoms with van der Waals surface area (Å²) in [6.07, 6.45) is 3.01. The summed E-state index contributed by atoms with van der Waals surface area (Å²) in [6.45, 7) is 3.99. The minimum absolute atomic E-state index is 0.0278. The Morgan fingerprint density at radius 3 is 2.47 bits per heavy atom. The lowest BCUT2D eigenvalue weighted by Crippen LogP contribution is -2.41. The Hall–Kier alpha value is -1.42. The molecule has 0 spiro atoms. The van der Waals surface area contributed by atoms with Gasteiger partial charge in [0.05, 0.1) is 4.99 Å². The largest absolute Gasteiger partial charge is 0.393 e. The van der Waals surface area contributed by atoms with Crippen molar-refractivity contribution in [3.63, 3.8) is 0 Å². The third-order valence-electron chi connectivity index (χ3n) is 3.68. The van der Waals surface area contributed by atoms with Gasteiger partial charge in [0.15, 0.2) is 0 Å². The molecule has 2 atom stereocenters. The lowest BCUT2D eigenvalue weighted by Gasteiger charge is -2.20. The molecule has 1 aliphatic carbocycles. The summed E-state index contributed by atoms with van der Waals surface area (Å²) in [4.78, 5) is 12.8. The van der Waals surface area contributed by atoms with E-state index >= 15 is 0 Å². The van der Waals surface area contributed by atoms with Crippen LogP contribution < -0.4 is 11.1 Å². The van der Waals surface area contributed by atoms with Gasteiger partial charge in [-0.15, -0.1) is 0 Å². The van der Waals surface area contributed by atoms with Crippen LogP contribution in [-0.2, 0) is 0 Å². The molecule has 0 aliphatic heterocycles. The number of hydrogen-bond acceptors (Lipinski definition) is 2. The van der Waals surface area contributed by atoms with Crippen LogP contribution in [0.5, 0.6) is 0 Å². The van der Waals surface area contributed by atoms with Gasteiger partial charge in [-0.3, -0.25) is 4.79 Å². The molecule has 4 heteroatoms. The summed E-state index contributed by atoms with van der Waals surface area (Å²) < 4.78 is 0. The van der Waals surface area contributed by atoms with E-state index in [1.807, 2.05) is 26.0 Å². The zero-order chi connectivity index (χ0) is 14.0. The van der Waals surface area contributed by atoms with Gasteiger partial charge in [-0.2, -0.15) is 0 Å². The Labute approximate surface area is 119 Å². The first-order chi connectivity index (χ1) is 8.97. The van der Waals surface area contributed by atoms with Crippen LogP contribution in [0.3, 0.4) is 0 Å². The van der Waals surface area contributed by atoms with E-state index in [0.29, 0.717) is 10.6 Å². The molecule has 1 saturated carbocycles. The number of amides is 1. The molecule has 2 rings (SSSR count). The number of carbonyl (C=O) groups excluding carboxylic acids is 1. The maximum Gasteiger partial charge on any atom is 0.251 e. The lowest BCUT2D eigenvalue weighted by atomic mass is 10.0. The number of nitrogens with one attached hydrogen (secondary N) is 1. The topological polar surface area (TPSA) is 55.1 Å². The molecule has 19 heavy (non-hydrogen) atoms. The molecule has 1 fully saturated rings. The smallest absolute Gasteiger partial charge is 0.251 e. The molecule has 102 valence electrons. The molecule has 1 aromatic rings. The normalized spacial score (nSPS) is 22.2. The highest BCUT2D eigenvalue weighted by atomic mass is 32.1. The van der Waals surface area contributed by atoms with Gasteiger partial charge >= 0.3 is 0 Å². The molecule has 0 radical (unpaired) electrons. The Balaban J connectivity index is 2.10. The van der Waals surface area contributed by atoms with Crippen molar-refractivity contribution in [2.24, 2.45) is 11.7 Å². The first-order valence-electron chi connectivity index (χ1n) is 6.66. The maximum absolute atomic E-state index is 12.3. The van der Waals surface area contributed by atoms with Crippen LogP contribution in [0.1, 0.15) is 40.7 Å². The van der Waals surface area contributed by atoms with Crippen molar-refractivity contribution in [1.82, 2.24) is 5.32 Å². The van der Waals surface area contributed by atoms with Gasteiger partial charge in [0, 0.05) is 17.5 Å². The van der Waals surface area contributed by atoms with Crippen molar-refractivity contribution in [1.29, 1.82) is 0 Å². The van der Waals surface area contributed by atoms with E-state index in [1.165, 1.54) is 0 Å². The van der Waals surface area contributed by atoms with Gasteiger partial charge in [-0.1, -0.05) is 35.8 Å². The van der Waals surface area contributed by atoms with E-state index in [9.17, 15) is 4.79 Å². The van der Waals surface area contributed by atoms with Crippen molar-refractivity contribution < 1.29 is 4.79 Å². The SMILES string of the molecule is Cc1cc(C)cc(C(=O)NC2CCCC2C(N)=S)c1. The molecule has 2 unspecified atom stereocenters. The summed E-state index contributed by atoms with van der Waals surface area (Å²) in [6, 6.07) is 5.97. The maximum atomic E-state index is 12.3. The zero-order valence-corrected chi connectivity index (χ0v) is 12.2. The van der Waals surface area contributed by atoms with Gasteiger partial charge in [0.25, 0.3) is 5.91 Å². The minimum Gasteiger partial charge on any atom is -0.393 e. The predicted molar refractivity (Wildman–Crippen MR) is 81.3 cm³/mol. The second-order valence-electron chi connectivity index (χ2n) is 5.40. The van der Waals surface area contributed by atoms with Gasteiger partial charge in [0.2, 0.25) is 0 Å². The number of aryl methyl sites for hydroxylation is 2. The fraction of sp³-hybridized carbons (Fsp3) is 0.467. The molecule has 0 aromatic heterocycles. The first kappa shape index (κ1) is 14.0. The number of thiocarbonyl (C=S) groups is 1. The van der Waals surface area contributed by atoms with E-state index in [1.54, 1.807) is 0 Å². The Morgan fingerprint density at radius 2 is 1.89 bits per heavy atom. The van der Waals surface area contributed by atoms with Gasteiger partial charge in [-0.05, 0) is 38.8 Å². The third-order valence-corrected chi connectivity index (χ3v) is 3.98. The van der Waals surface area contributed by atoms with Crippen molar-refractivity contribution >= 4 is 23.1 Å². The van der Waals surface area contributed by atoms with Crippen molar-refractivity contribution in [2.45, 2.75) is 39.2 Å². The molecular formula is C15H20N2OS. The Bertz CT molecular complexity index is 493. The number of nitrogens with two attached hydrogens (primary N) is 1. The molecule has 1 aliphatic rings. The number of hydrogen-bond donors (Lipinski definition) is 2. The standard InChI is InChI=1S/C15H20N2OS/c1-9-6-10(2)8-11(7-9)15(18)17-13-5-3-4-12(13)14(16)19/h6-8,12-13H,3-5H2,1-2H3,(H2,16,19)(H,17,18). The Kier molecular flexibility index (Phi) is 4.20. The molecular weight excluding hydrogens is 256 g/mol. The third kappa shape index (κ3) is 3.32. The number of benzene rings is 1. The Morgan fingerprint density at radius 1 is 1.26 bits per heavy atom. The van der Waals surface area contributed by atoms with Crippen molar-refractivity contribution in [3.05, 3.63) is 34.9 Å². The van der Waals surface area contributed by atoms with E-state index in [4.69, 9.17) is 18.0 Å². The van der Waals surface area contributed by atoms with Crippen LogP contribution >= 0.6 is 12.2 Å². The predicted octanol–water partition coefficient (Wildman–Crippen LogP) is 2.49. The summed E-state index contributed by atoms with van der Waals surface area (Å²) in [5.74, 6) is 0.116. The second-order valence-corrected chi connectivity index (χ2v) is 5.87. The average Bonchev–Trinajstić information content (AvgIpc) is 2.75. The summed E-state index contributed by atoms with van der Waals surface area (Å²) in [7, 11) is 0. The van der Waals surface area contributed by atoms with Gasteiger partial charge < -0.3 is 11.1 Å². The summed E-state index contributed by atoms with van der Waals surface area (Å²) in [5, 5.41) is 3.07. The van der Waals surface area contributed by atoms with Crippen molar-refractivity contribution in [2.75, 3.05) is 0 Å². The van der Waals surface area contributed by atoms with Crippen molar-refractivity contribution in [3.8, 4) is 0 Å². The van der Waals surface area contributed by atoms with E-state index < -0.39 is 0 Å². The second kappa shape index (κ2) is 5.70. The molecule has 0 heterocycles. The fourth-order valence-corrected chi connectivity index (χ4v) is 3.11. The molecule has 0 saturated heterocycles. The minimum atomic E-state index is -0.0278. The summed E-state index contributed by atoms with van der Waals surface area (Å²) in [5.41, 5.74) is 8.64. The molecule has 3 nitrogen and oxygen atoms in total. The van der Waals surface area contributed by atoms with E-state index in [0.717, 1.165) is 30.4 Å². The fourth-order valence-electron chi connectivity index (χ4n) is 2.83. The van der Waals surface area contributed by atoms with Gasteiger partial charge in [-0.25, -0.2) is 0 Å². The molecule has 1 amide bonds.